The zero-order valence-electron chi connectivity index (χ0n) is 12.8. The van der Waals surface area contributed by atoms with Gasteiger partial charge in [0.2, 0.25) is 0 Å². The van der Waals surface area contributed by atoms with Gasteiger partial charge in [0.05, 0.1) is 12.1 Å². The van der Waals surface area contributed by atoms with Gasteiger partial charge in [-0.2, -0.15) is 5.26 Å². The summed E-state index contributed by atoms with van der Waals surface area (Å²) in [5.41, 5.74) is 2.40. The first-order valence-corrected chi connectivity index (χ1v) is 7.24. The van der Waals surface area contributed by atoms with Gasteiger partial charge < -0.3 is 10.1 Å². The number of nitriles is 1. The average Bonchev–Trinajstić information content (AvgIpc) is 2.54. The van der Waals surface area contributed by atoms with E-state index in [0.29, 0.717) is 16.5 Å². The van der Waals surface area contributed by atoms with Gasteiger partial charge in [-0.1, -0.05) is 41.4 Å². The lowest BCUT2D eigenvalue weighted by Gasteiger charge is -2.07. The largest absolute Gasteiger partial charge is 0.495 e. The third kappa shape index (κ3) is 4.35. The number of rotatable bonds is 4. The lowest BCUT2D eigenvalue weighted by molar-refractivity contribution is -0.112. The number of hydrogen-bond acceptors (Lipinski definition) is 3. The Labute approximate surface area is 140 Å². The van der Waals surface area contributed by atoms with Crippen LogP contribution < -0.4 is 10.1 Å². The Hall–Kier alpha value is -2.77. The average molecular weight is 327 g/mol. The molecule has 2 rings (SSSR count). The van der Waals surface area contributed by atoms with Crippen molar-refractivity contribution >= 4 is 29.3 Å². The van der Waals surface area contributed by atoms with Crippen molar-refractivity contribution < 1.29 is 9.53 Å². The molecule has 0 bridgehead atoms. The highest BCUT2D eigenvalue weighted by molar-refractivity contribution is 6.32. The molecule has 1 N–H and O–H groups in total. The number of aryl methyl sites for hydroxylation is 1. The molecule has 0 heterocycles. The first-order valence-electron chi connectivity index (χ1n) is 6.87. The number of carbonyl (C=O) groups excluding carboxylic acids is 1. The Kier molecular flexibility index (Phi) is 5.40. The second-order valence-corrected chi connectivity index (χ2v) is 5.29. The smallest absolute Gasteiger partial charge is 0.266 e. The van der Waals surface area contributed by atoms with Crippen LogP contribution in [0.1, 0.15) is 11.1 Å². The summed E-state index contributed by atoms with van der Waals surface area (Å²) < 4.78 is 5.05. The molecule has 0 aliphatic heterocycles. The Bertz CT molecular complexity index is 790. The molecule has 2 aromatic carbocycles. The van der Waals surface area contributed by atoms with Crippen molar-refractivity contribution in [2.75, 3.05) is 12.4 Å². The van der Waals surface area contributed by atoms with E-state index in [-0.39, 0.29) is 5.57 Å². The highest BCUT2D eigenvalue weighted by Gasteiger charge is 2.11. The van der Waals surface area contributed by atoms with Gasteiger partial charge in [0.15, 0.2) is 0 Å². The predicted octanol–water partition coefficient (Wildman–Crippen LogP) is 4.20. The van der Waals surface area contributed by atoms with E-state index in [1.54, 1.807) is 24.3 Å². The van der Waals surface area contributed by atoms with E-state index in [0.717, 1.165) is 11.1 Å². The van der Waals surface area contributed by atoms with Gasteiger partial charge in [-0.3, -0.25) is 4.79 Å². The van der Waals surface area contributed by atoms with Crippen LogP contribution in [0, 0.1) is 18.3 Å². The van der Waals surface area contributed by atoms with E-state index in [2.05, 4.69) is 5.32 Å². The first-order chi connectivity index (χ1) is 11.0. The highest BCUT2D eigenvalue weighted by atomic mass is 35.5. The number of ether oxygens (including phenoxy) is 1. The van der Waals surface area contributed by atoms with Crippen molar-refractivity contribution in [3.8, 4) is 11.8 Å². The summed E-state index contributed by atoms with van der Waals surface area (Å²) in [5, 5.41) is 12.2. The van der Waals surface area contributed by atoms with Crippen molar-refractivity contribution in [3.63, 3.8) is 0 Å². The zero-order valence-corrected chi connectivity index (χ0v) is 13.5. The van der Waals surface area contributed by atoms with Crippen LogP contribution in [0.5, 0.6) is 5.75 Å². The fourth-order valence-electron chi connectivity index (χ4n) is 1.92. The molecule has 0 aliphatic carbocycles. The number of anilines is 1. The molecule has 1 amide bonds. The fourth-order valence-corrected chi connectivity index (χ4v) is 2.18. The Morgan fingerprint density at radius 2 is 1.96 bits per heavy atom. The van der Waals surface area contributed by atoms with Gasteiger partial charge in [-0.25, -0.2) is 0 Å². The van der Waals surface area contributed by atoms with Gasteiger partial charge >= 0.3 is 0 Å². The molecule has 23 heavy (non-hydrogen) atoms. The Morgan fingerprint density at radius 3 is 2.52 bits per heavy atom. The van der Waals surface area contributed by atoms with E-state index in [9.17, 15) is 10.1 Å². The summed E-state index contributed by atoms with van der Waals surface area (Å²) in [4.78, 5) is 12.2. The predicted molar refractivity (Wildman–Crippen MR) is 91.4 cm³/mol. The zero-order chi connectivity index (χ0) is 16.8. The van der Waals surface area contributed by atoms with Gasteiger partial charge in [0.25, 0.3) is 5.91 Å². The Morgan fingerprint density at radius 1 is 1.26 bits per heavy atom. The standard InChI is InChI=1S/C18H15ClN2O2/c1-12-3-5-13(6-4-12)9-14(11-20)18(22)21-15-7-8-17(23-2)16(19)10-15/h3-10H,1-2H3,(H,21,22)/b14-9+. The monoisotopic (exact) mass is 326 g/mol. The quantitative estimate of drug-likeness (QED) is 0.676. The number of hydrogen-bond donors (Lipinski definition) is 1. The molecular weight excluding hydrogens is 312 g/mol. The van der Waals surface area contributed by atoms with Crippen LogP contribution in [-0.2, 0) is 4.79 Å². The van der Waals surface area contributed by atoms with Crippen molar-refractivity contribution in [1.29, 1.82) is 5.26 Å². The molecule has 0 radical (unpaired) electrons. The normalized spacial score (nSPS) is 10.8. The van der Waals surface area contributed by atoms with Crippen LogP contribution in [-0.4, -0.2) is 13.0 Å². The molecule has 2 aromatic rings. The highest BCUT2D eigenvalue weighted by Crippen LogP contribution is 2.27. The lowest BCUT2D eigenvalue weighted by Crippen LogP contribution is -2.13. The first kappa shape index (κ1) is 16.6. The molecular formula is C18H15ClN2O2. The minimum Gasteiger partial charge on any atom is -0.495 e. The van der Waals surface area contributed by atoms with Crippen molar-refractivity contribution in [3.05, 3.63) is 64.2 Å². The minimum atomic E-state index is -0.491. The van der Waals surface area contributed by atoms with Crippen LogP contribution >= 0.6 is 11.6 Å². The second kappa shape index (κ2) is 7.48. The number of methoxy groups -OCH3 is 1. The number of halogens is 1. The van der Waals surface area contributed by atoms with Gasteiger partial charge in [0, 0.05) is 5.69 Å². The number of nitrogens with zero attached hydrogens (tertiary/aromatic N) is 1. The van der Waals surface area contributed by atoms with E-state index in [1.165, 1.54) is 7.11 Å². The maximum atomic E-state index is 12.2. The minimum absolute atomic E-state index is 0.0146. The summed E-state index contributed by atoms with van der Waals surface area (Å²) >= 11 is 6.02. The fraction of sp³-hybridized carbons (Fsp3) is 0.111. The van der Waals surface area contributed by atoms with Crippen LogP contribution in [0.4, 0.5) is 5.69 Å². The summed E-state index contributed by atoms with van der Waals surface area (Å²) in [7, 11) is 1.51. The van der Waals surface area contributed by atoms with Crippen LogP contribution in [0.3, 0.4) is 0 Å². The van der Waals surface area contributed by atoms with Gasteiger partial charge in [-0.05, 0) is 36.8 Å². The maximum Gasteiger partial charge on any atom is 0.266 e. The van der Waals surface area contributed by atoms with Crippen molar-refractivity contribution in [2.24, 2.45) is 0 Å². The van der Waals surface area contributed by atoms with Crippen LogP contribution in [0.25, 0.3) is 6.08 Å². The molecule has 0 aromatic heterocycles. The van der Waals surface area contributed by atoms with Crippen LogP contribution in [0.15, 0.2) is 48.0 Å². The van der Waals surface area contributed by atoms with Gasteiger partial charge in [0.1, 0.15) is 17.4 Å². The van der Waals surface area contributed by atoms with E-state index in [1.807, 2.05) is 37.3 Å². The van der Waals surface area contributed by atoms with E-state index >= 15 is 0 Å². The number of benzene rings is 2. The van der Waals surface area contributed by atoms with Crippen LogP contribution in [0.2, 0.25) is 5.02 Å². The third-order valence-electron chi connectivity index (χ3n) is 3.16. The van der Waals surface area contributed by atoms with Crippen molar-refractivity contribution in [2.45, 2.75) is 6.92 Å². The van der Waals surface area contributed by atoms with Crippen molar-refractivity contribution in [1.82, 2.24) is 0 Å². The van der Waals surface area contributed by atoms with Gasteiger partial charge in [-0.15, -0.1) is 0 Å². The van der Waals surface area contributed by atoms with E-state index < -0.39 is 5.91 Å². The summed E-state index contributed by atoms with van der Waals surface area (Å²) in [6.07, 6.45) is 1.54. The number of amides is 1. The molecule has 4 nitrogen and oxygen atoms in total. The molecule has 0 fully saturated rings. The molecule has 0 saturated heterocycles. The molecule has 0 saturated carbocycles. The second-order valence-electron chi connectivity index (χ2n) is 4.88. The lowest BCUT2D eigenvalue weighted by atomic mass is 10.1. The third-order valence-corrected chi connectivity index (χ3v) is 3.46. The molecule has 0 unspecified atom stereocenters. The van der Waals surface area contributed by atoms with E-state index in [4.69, 9.17) is 16.3 Å². The molecule has 5 heteroatoms. The molecule has 0 aliphatic rings. The SMILES string of the molecule is COc1ccc(NC(=O)/C(C#N)=C/c2ccc(C)cc2)cc1Cl. The summed E-state index contributed by atoms with van der Waals surface area (Å²) in [5.74, 6) is 0.0229. The number of carbonyl (C=O) groups is 1. The molecule has 116 valence electrons. The summed E-state index contributed by atoms with van der Waals surface area (Å²) in [6.45, 7) is 1.97. The molecule has 0 spiro atoms. The summed E-state index contributed by atoms with van der Waals surface area (Å²) in [6, 6.07) is 14.3. The topological polar surface area (TPSA) is 62.1 Å². The number of nitrogens with one attached hydrogen (secondary N) is 1. The maximum absolute atomic E-state index is 12.2. The molecule has 0 atom stereocenters. The Balaban J connectivity index is 2.19.